The predicted octanol–water partition coefficient (Wildman–Crippen LogP) is 3.18. The molecule has 29 heavy (non-hydrogen) atoms. The molecule has 0 unspecified atom stereocenters. The summed E-state index contributed by atoms with van der Waals surface area (Å²) < 4.78 is 6.77. The van der Waals surface area contributed by atoms with Crippen LogP contribution in [0.4, 0.5) is 5.13 Å². The number of carbonyl (C=O) groups excluding carboxylic acids is 2. The van der Waals surface area contributed by atoms with Crippen molar-refractivity contribution in [3.63, 3.8) is 0 Å². The summed E-state index contributed by atoms with van der Waals surface area (Å²) in [5.41, 5.74) is 3.84. The minimum Gasteiger partial charge on any atom is -0.466 e. The molecule has 0 bridgehead atoms. The van der Waals surface area contributed by atoms with Crippen molar-refractivity contribution in [1.29, 1.82) is 0 Å². The maximum absolute atomic E-state index is 12.3. The van der Waals surface area contributed by atoms with E-state index in [-0.39, 0.29) is 24.1 Å². The number of ether oxygens (including phenoxy) is 1. The lowest BCUT2D eigenvalue weighted by Crippen LogP contribution is -2.14. The van der Waals surface area contributed by atoms with Crippen molar-refractivity contribution < 1.29 is 14.3 Å². The zero-order valence-electron chi connectivity index (χ0n) is 16.3. The van der Waals surface area contributed by atoms with Crippen LogP contribution in [0.15, 0.2) is 35.1 Å². The van der Waals surface area contributed by atoms with Gasteiger partial charge < -0.3 is 10.1 Å². The zero-order valence-corrected chi connectivity index (χ0v) is 18.0. The molecule has 10 heteroatoms. The second kappa shape index (κ2) is 9.66. The molecule has 0 radical (unpaired) electrons. The van der Waals surface area contributed by atoms with Crippen LogP contribution in [0.3, 0.4) is 0 Å². The highest BCUT2D eigenvalue weighted by molar-refractivity contribution is 7.99. The van der Waals surface area contributed by atoms with Gasteiger partial charge in [-0.3, -0.25) is 14.2 Å². The summed E-state index contributed by atoms with van der Waals surface area (Å²) in [7, 11) is 0. The SMILES string of the molecule is CCOC(=O)Cc1csc(NC(=O)CSc2nncn2-c2ccc(C)cc2C)n1. The molecule has 152 valence electrons. The third-order valence-electron chi connectivity index (χ3n) is 3.89. The summed E-state index contributed by atoms with van der Waals surface area (Å²) in [4.78, 5) is 28.0. The van der Waals surface area contributed by atoms with E-state index < -0.39 is 0 Å². The summed E-state index contributed by atoms with van der Waals surface area (Å²) in [5.74, 6) is -0.379. The molecule has 1 N–H and O–H groups in total. The van der Waals surface area contributed by atoms with Crippen molar-refractivity contribution in [1.82, 2.24) is 19.7 Å². The van der Waals surface area contributed by atoms with E-state index in [1.165, 1.54) is 28.7 Å². The fourth-order valence-electron chi connectivity index (χ4n) is 2.65. The minimum atomic E-state index is -0.336. The third-order valence-corrected chi connectivity index (χ3v) is 5.64. The van der Waals surface area contributed by atoms with Crippen molar-refractivity contribution in [2.45, 2.75) is 32.3 Å². The molecule has 0 saturated heterocycles. The minimum absolute atomic E-state index is 0.0912. The van der Waals surface area contributed by atoms with Crippen molar-refractivity contribution >= 4 is 40.1 Å². The van der Waals surface area contributed by atoms with Crippen LogP contribution >= 0.6 is 23.1 Å². The molecule has 1 aromatic carbocycles. The first-order valence-corrected chi connectivity index (χ1v) is 10.8. The lowest BCUT2D eigenvalue weighted by molar-refractivity contribution is -0.142. The topological polar surface area (TPSA) is 99.0 Å². The maximum atomic E-state index is 12.3. The second-order valence-corrected chi connectivity index (χ2v) is 8.04. The molecule has 0 aliphatic carbocycles. The average molecular weight is 432 g/mol. The molecular weight excluding hydrogens is 410 g/mol. The van der Waals surface area contributed by atoms with E-state index in [0.717, 1.165) is 11.3 Å². The Kier molecular flexibility index (Phi) is 6.99. The first-order chi connectivity index (χ1) is 14.0. The third kappa shape index (κ3) is 5.64. The molecule has 2 heterocycles. The molecule has 0 saturated carbocycles. The number of rotatable bonds is 8. The molecule has 3 aromatic rings. The Labute approximate surface area is 176 Å². The van der Waals surface area contributed by atoms with E-state index in [9.17, 15) is 9.59 Å². The van der Waals surface area contributed by atoms with Gasteiger partial charge in [0.15, 0.2) is 10.3 Å². The van der Waals surface area contributed by atoms with Crippen molar-refractivity contribution in [2.24, 2.45) is 0 Å². The molecule has 3 rings (SSSR count). The average Bonchev–Trinajstić information content (AvgIpc) is 3.29. The van der Waals surface area contributed by atoms with Gasteiger partial charge in [-0.1, -0.05) is 29.5 Å². The quantitative estimate of drug-likeness (QED) is 0.432. The number of nitrogens with one attached hydrogen (secondary N) is 1. The van der Waals surface area contributed by atoms with Gasteiger partial charge in [0, 0.05) is 5.38 Å². The van der Waals surface area contributed by atoms with E-state index in [1.54, 1.807) is 18.6 Å². The number of aryl methyl sites for hydroxylation is 2. The smallest absolute Gasteiger partial charge is 0.311 e. The molecule has 0 fully saturated rings. The Balaban J connectivity index is 1.58. The van der Waals surface area contributed by atoms with Crippen LogP contribution in [-0.2, 0) is 20.7 Å². The van der Waals surface area contributed by atoms with Crippen LogP contribution in [0.1, 0.15) is 23.7 Å². The van der Waals surface area contributed by atoms with E-state index in [2.05, 4.69) is 26.6 Å². The first-order valence-electron chi connectivity index (χ1n) is 8.96. The van der Waals surface area contributed by atoms with Gasteiger partial charge in [-0.15, -0.1) is 21.5 Å². The van der Waals surface area contributed by atoms with Crippen LogP contribution in [0.25, 0.3) is 5.69 Å². The van der Waals surface area contributed by atoms with E-state index >= 15 is 0 Å². The number of benzene rings is 1. The number of thiazole rings is 1. The summed E-state index contributed by atoms with van der Waals surface area (Å²) in [6.07, 6.45) is 1.73. The number of amides is 1. The molecule has 0 aliphatic heterocycles. The number of anilines is 1. The first kappa shape index (κ1) is 21.0. The Hall–Kier alpha value is -2.72. The summed E-state index contributed by atoms with van der Waals surface area (Å²) in [6, 6.07) is 6.13. The van der Waals surface area contributed by atoms with Crippen LogP contribution in [0.5, 0.6) is 0 Å². The van der Waals surface area contributed by atoms with Gasteiger partial charge in [0.1, 0.15) is 6.33 Å². The number of thioether (sulfide) groups is 1. The highest BCUT2D eigenvalue weighted by Gasteiger charge is 2.14. The van der Waals surface area contributed by atoms with Gasteiger partial charge in [0.2, 0.25) is 5.91 Å². The van der Waals surface area contributed by atoms with Crippen molar-refractivity contribution in [2.75, 3.05) is 17.7 Å². The van der Waals surface area contributed by atoms with Crippen LogP contribution < -0.4 is 5.32 Å². The molecule has 0 atom stereocenters. The standard InChI is InChI=1S/C19H21N5O3S2/c1-4-27-17(26)8-14-9-28-18(21-14)22-16(25)10-29-19-23-20-11-24(19)15-6-5-12(2)7-13(15)3/h5-7,9,11H,4,8,10H2,1-3H3,(H,21,22,25). The molecular formula is C19H21N5O3S2. The van der Waals surface area contributed by atoms with E-state index in [1.807, 2.05) is 30.5 Å². The summed E-state index contributed by atoms with van der Waals surface area (Å²) in [5, 5.41) is 13.7. The Morgan fingerprint density at radius 1 is 1.31 bits per heavy atom. The fourth-order valence-corrected chi connectivity index (χ4v) is 4.10. The molecule has 0 spiro atoms. The lowest BCUT2D eigenvalue weighted by Gasteiger charge is -2.10. The molecule has 1 amide bonds. The predicted molar refractivity (Wildman–Crippen MR) is 113 cm³/mol. The summed E-state index contributed by atoms with van der Waals surface area (Å²) >= 11 is 2.56. The Morgan fingerprint density at radius 2 is 2.14 bits per heavy atom. The van der Waals surface area contributed by atoms with Crippen LogP contribution in [0.2, 0.25) is 0 Å². The largest absolute Gasteiger partial charge is 0.466 e. The van der Waals surface area contributed by atoms with Crippen LogP contribution in [-0.4, -0.2) is 44.0 Å². The maximum Gasteiger partial charge on any atom is 0.311 e. The van der Waals surface area contributed by atoms with Gasteiger partial charge in [-0.25, -0.2) is 4.98 Å². The molecule has 0 aliphatic rings. The lowest BCUT2D eigenvalue weighted by atomic mass is 10.1. The normalized spacial score (nSPS) is 10.7. The monoisotopic (exact) mass is 431 g/mol. The van der Waals surface area contributed by atoms with Crippen LogP contribution in [0, 0.1) is 13.8 Å². The number of aromatic nitrogens is 4. The van der Waals surface area contributed by atoms with Crippen molar-refractivity contribution in [3.05, 3.63) is 46.7 Å². The van der Waals surface area contributed by atoms with E-state index in [0.29, 0.717) is 22.6 Å². The number of nitrogens with zero attached hydrogens (tertiary/aromatic N) is 4. The summed E-state index contributed by atoms with van der Waals surface area (Å²) in [6.45, 7) is 6.15. The zero-order chi connectivity index (χ0) is 20.8. The van der Waals surface area contributed by atoms with Gasteiger partial charge in [0.05, 0.1) is 30.2 Å². The fraction of sp³-hybridized carbons (Fsp3) is 0.316. The molecule has 8 nitrogen and oxygen atoms in total. The second-order valence-electron chi connectivity index (χ2n) is 6.24. The number of hydrogen-bond donors (Lipinski definition) is 1. The van der Waals surface area contributed by atoms with Crippen molar-refractivity contribution in [3.8, 4) is 5.69 Å². The van der Waals surface area contributed by atoms with Gasteiger partial charge in [-0.05, 0) is 32.4 Å². The highest BCUT2D eigenvalue weighted by Crippen LogP contribution is 2.23. The Bertz CT molecular complexity index is 1010. The van der Waals surface area contributed by atoms with Gasteiger partial charge in [-0.2, -0.15) is 0 Å². The Morgan fingerprint density at radius 3 is 2.90 bits per heavy atom. The number of carbonyl (C=O) groups is 2. The van der Waals surface area contributed by atoms with Gasteiger partial charge >= 0.3 is 5.97 Å². The highest BCUT2D eigenvalue weighted by atomic mass is 32.2. The van der Waals surface area contributed by atoms with Gasteiger partial charge in [0.25, 0.3) is 0 Å². The number of hydrogen-bond acceptors (Lipinski definition) is 8. The number of esters is 1. The molecule has 2 aromatic heterocycles. The van der Waals surface area contributed by atoms with E-state index in [4.69, 9.17) is 4.74 Å².